The van der Waals surface area contributed by atoms with Crippen LogP contribution in [0.2, 0.25) is 0 Å². The van der Waals surface area contributed by atoms with Crippen molar-refractivity contribution in [1.29, 1.82) is 0 Å². The molecule has 1 N–H and O–H groups in total. The molecular weight excluding hydrogens is 466 g/mol. The Labute approximate surface area is 220 Å². The van der Waals surface area contributed by atoms with Crippen LogP contribution in [0.5, 0.6) is 0 Å². The molecule has 1 aromatic rings. The zero-order valence-corrected chi connectivity index (χ0v) is 22.7. The Morgan fingerprint density at radius 3 is 2.62 bits per heavy atom. The van der Waals surface area contributed by atoms with Crippen LogP contribution < -0.4 is 10.9 Å². The van der Waals surface area contributed by atoms with Crippen molar-refractivity contribution in [3.63, 3.8) is 0 Å². The fourth-order valence-electron chi connectivity index (χ4n) is 10.3. The maximum absolute atomic E-state index is 13.2. The Hall–Kier alpha value is -1.86. The highest BCUT2D eigenvalue weighted by atomic mass is 16.6. The first kappa shape index (κ1) is 24.2. The van der Waals surface area contributed by atoms with Crippen LogP contribution in [0.4, 0.5) is 4.79 Å². The van der Waals surface area contributed by atoms with Gasteiger partial charge in [-0.3, -0.25) is 0 Å². The fraction of sp³-hybridized carbons (Fsp3) is 0.800. The standard InChI is InChI=1S/C30H43N3O4/c1-28-10-8-21(32(3)27(35)33-14-12-31-13-15-33)16-20(28)5-6-23-22(28)9-11-29(2)24(17-25-30(23,29)37-25)19-4-7-26(34)36-18-19/h4,7,18,20-25,31H,5-6,8-17H2,1-3H3/t20-,21+,22+,23-,24-,25-,28+,29-,30-/m1/s1. The highest BCUT2D eigenvalue weighted by Gasteiger charge is 2.80. The Balaban J connectivity index is 1.09. The SMILES string of the molecule is CN(C(=O)N1CCNCC1)[C@H]1CC[C@@]2(C)[C@H](CC[C@@H]3[C@@H]2CC[C@]2(C)[C@@H](c4ccc(=O)oc4)C[C@H]4O[C@]342)C1. The smallest absolute Gasteiger partial charge is 0.335 e. The number of nitrogens with zero attached hydrogens (tertiary/aromatic N) is 2. The molecule has 2 amide bonds. The van der Waals surface area contributed by atoms with Gasteiger partial charge in [-0.15, -0.1) is 0 Å². The molecule has 6 fully saturated rings. The van der Waals surface area contributed by atoms with Crippen LogP contribution in [0.25, 0.3) is 0 Å². The molecule has 37 heavy (non-hydrogen) atoms. The maximum atomic E-state index is 13.2. The molecule has 4 saturated carbocycles. The van der Waals surface area contributed by atoms with E-state index in [0.29, 0.717) is 41.2 Å². The maximum Gasteiger partial charge on any atom is 0.335 e. The van der Waals surface area contributed by atoms with Gasteiger partial charge in [-0.2, -0.15) is 0 Å². The average Bonchev–Trinajstić information content (AvgIpc) is 3.58. The lowest BCUT2D eigenvalue weighted by molar-refractivity contribution is -0.133. The van der Waals surface area contributed by atoms with Crippen molar-refractivity contribution >= 4 is 6.03 Å². The summed E-state index contributed by atoms with van der Waals surface area (Å²) < 4.78 is 12.0. The summed E-state index contributed by atoms with van der Waals surface area (Å²) in [6, 6.07) is 4.15. The second-order valence-electron chi connectivity index (χ2n) is 13.6. The molecule has 1 aromatic heterocycles. The molecule has 9 atom stereocenters. The van der Waals surface area contributed by atoms with Crippen molar-refractivity contribution in [1.82, 2.24) is 15.1 Å². The summed E-state index contributed by atoms with van der Waals surface area (Å²) in [5.74, 6) is 2.41. The van der Waals surface area contributed by atoms with E-state index in [1.54, 1.807) is 12.3 Å². The van der Waals surface area contributed by atoms with E-state index in [1.165, 1.54) is 37.7 Å². The summed E-state index contributed by atoms with van der Waals surface area (Å²) in [6.45, 7) is 8.48. The number of nitrogens with one attached hydrogen (secondary N) is 1. The molecule has 6 aliphatic rings. The molecule has 0 unspecified atom stereocenters. The van der Waals surface area contributed by atoms with Gasteiger partial charge in [0.2, 0.25) is 0 Å². The van der Waals surface area contributed by atoms with E-state index < -0.39 is 0 Å². The topological polar surface area (TPSA) is 78.3 Å². The average molecular weight is 510 g/mol. The predicted molar refractivity (Wildman–Crippen MR) is 140 cm³/mol. The molecular formula is C30H43N3O4. The first-order valence-corrected chi connectivity index (χ1v) is 14.8. The Morgan fingerprint density at radius 2 is 1.86 bits per heavy atom. The third kappa shape index (κ3) is 3.32. The lowest BCUT2D eigenvalue weighted by atomic mass is 9.44. The normalized spacial score (nSPS) is 46.3. The summed E-state index contributed by atoms with van der Waals surface area (Å²) in [6.07, 6.45) is 11.5. The lowest BCUT2D eigenvalue weighted by Crippen LogP contribution is -2.60. The van der Waals surface area contributed by atoms with Crippen molar-refractivity contribution in [2.45, 2.75) is 88.9 Å². The number of hydrogen-bond acceptors (Lipinski definition) is 5. The quantitative estimate of drug-likeness (QED) is 0.604. The number of carbonyl (C=O) groups is 1. The third-order valence-electron chi connectivity index (χ3n) is 12.4. The molecule has 202 valence electrons. The number of fused-ring (bicyclic) bond motifs is 3. The van der Waals surface area contributed by atoms with Gasteiger partial charge in [0.15, 0.2) is 0 Å². The van der Waals surface area contributed by atoms with E-state index in [-0.39, 0.29) is 22.7 Å². The van der Waals surface area contributed by atoms with Crippen LogP contribution in [-0.2, 0) is 4.74 Å². The number of rotatable bonds is 2. The number of epoxide rings is 1. The highest BCUT2D eigenvalue weighted by molar-refractivity contribution is 5.74. The van der Waals surface area contributed by atoms with Crippen molar-refractivity contribution in [2.75, 3.05) is 33.2 Å². The second kappa shape index (κ2) is 8.32. The van der Waals surface area contributed by atoms with E-state index >= 15 is 0 Å². The van der Waals surface area contributed by atoms with Crippen molar-refractivity contribution in [3.8, 4) is 0 Å². The minimum absolute atomic E-state index is 0.00337. The zero-order chi connectivity index (χ0) is 25.6. The van der Waals surface area contributed by atoms with Gasteiger partial charge in [0, 0.05) is 50.7 Å². The number of amides is 2. The van der Waals surface area contributed by atoms with Crippen molar-refractivity contribution < 1.29 is 13.9 Å². The van der Waals surface area contributed by atoms with E-state index in [1.807, 2.05) is 18.0 Å². The molecule has 7 heteroatoms. The van der Waals surface area contributed by atoms with E-state index in [4.69, 9.17) is 9.15 Å². The van der Waals surface area contributed by atoms with Crippen molar-refractivity contribution in [3.05, 3.63) is 34.4 Å². The minimum atomic E-state index is -0.270. The highest BCUT2D eigenvalue weighted by Crippen LogP contribution is 2.78. The van der Waals surface area contributed by atoms with E-state index in [2.05, 4.69) is 24.1 Å². The van der Waals surface area contributed by atoms with E-state index in [0.717, 1.165) is 45.4 Å². The molecule has 0 bridgehead atoms. The Bertz CT molecular complexity index is 1110. The van der Waals surface area contributed by atoms with Gasteiger partial charge < -0.3 is 24.3 Å². The first-order valence-electron chi connectivity index (χ1n) is 14.8. The van der Waals surface area contributed by atoms with Crippen LogP contribution in [0, 0.1) is 28.6 Å². The number of piperazine rings is 1. The summed E-state index contributed by atoms with van der Waals surface area (Å²) in [5.41, 5.74) is 1.34. The molecule has 7 nitrogen and oxygen atoms in total. The van der Waals surface area contributed by atoms with Gasteiger partial charge in [-0.05, 0) is 92.1 Å². The number of hydrogen-bond donors (Lipinski definition) is 1. The molecule has 2 aliphatic heterocycles. The second-order valence-corrected chi connectivity index (χ2v) is 13.6. The number of urea groups is 1. The van der Waals surface area contributed by atoms with Crippen LogP contribution in [-0.4, -0.2) is 66.8 Å². The number of ether oxygens (including phenoxy) is 1. The fourth-order valence-corrected chi connectivity index (χ4v) is 10.3. The molecule has 2 saturated heterocycles. The minimum Gasteiger partial charge on any atom is -0.431 e. The van der Waals surface area contributed by atoms with Crippen LogP contribution in [0.15, 0.2) is 27.6 Å². The van der Waals surface area contributed by atoms with Crippen LogP contribution in [0.3, 0.4) is 0 Å². The number of carbonyl (C=O) groups excluding carboxylic acids is 1. The molecule has 0 radical (unpaired) electrons. The largest absolute Gasteiger partial charge is 0.431 e. The van der Waals surface area contributed by atoms with Crippen LogP contribution in [0.1, 0.15) is 76.7 Å². The van der Waals surface area contributed by atoms with Gasteiger partial charge in [0.1, 0.15) is 5.60 Å². The third-order valence-corrected chi connectivity index (χ3v) is 12.4. The van der Waals surface area contributed by atoms with Gasteiger partial charge in [0.05, 0.1) is 12.4 Å². The Kier molecular flexibility index (Phi) is 5.44. The molecule has 7 rings (SSSR count). The summed E-state index contributed by atoms with van der Waals surface area (Å²) in [4.78, 5) is 28.9. The molecule has 4 aliphatic carbocycles. The monoisotopic (exact) mass is 509 g/mol. The summed E-state index contributed by atoms with van der Waals surface area (Å²) >= 11 is 0. The van der Waals surface area contributed by atoms with Gasteiger partial charge in [0.25, 0.3) is 0 Å². The summed E-state index contributed by atoms with van der Waals surface area (Å²) in [5, 5.41) is 3.36. The predicted octanol–water partition coefficient (Wildman–Crippen LogP) is 4.22. The van der Waals surface area contributed by atoms with Gasteiger partial charge in [-0.1, -0.05) is 13.8 Å². The van der Waals surface area contributed by atoms with Crippen molar-refractivity contribution in [2.24, 2.45) is 28.6 Å². The first-order chi connectivity index (χ1) is 17.8. The molecule has 1 spiro atoms. The lowest BCUT2D eigenvalue weighted by Gasteiger charge is -2.61. The van der Waals surface area contributed by atoms with Crippen LogP contribution >= 0.6 is 0 Å². The van der Waals surface area contributed by atoms with Gasteiger partial charge >= 0.3 is 11.7 Å². The van der Waals surface area contributed by atoms with E-state index in [9.17, 15) is 9.59 Å². The summed E-state index contributed by atoms with van der Waals surface area (Å²) in [7, 11) is 2.04. The Morgan fingerprint density at radius 1 is 1.05 bits per heavy atom. The molecule has 0 aromatic carbocycles. The van der Waals surface area contributed by atoms with Gasteiger partial charge in [-0.25, -0.2) is 9.59 Å². The molecule has 3 heterocycles. The zero-order valence-electron chi connectivity index (χ0n) is 22.7.